The highest BCUT2D eigenvalue weighted by Gasteiger charge is 1.99. The molecule has 3 heteroatoms. The third-order valence-corrected chi connectivity index (χ3v) is 2.91. The van der Waals surface area contributed by atoms with Crippen molar-refractivity contribution in [1.29, 1.82) is 0 Å². The van der Waals surface area contributed by atoms with Gasteiger partial charge in [0.1, 0.15) is 5.82 Å². The Labute approximate surface area is 113 Å². The molecule has 19 heavy (non-hydrogen) atoms. The number of hydrogen-bond donors (Lipinski definition) is 1. The number of benzene rings is 2. The third kappa shape index (κ3) is 4.38. The lowest BCUT2D eigenvalue weighted by Gasteiger charge is -2.11. The number of hydrogen-bond acceptors (Lipinski definition) is 2. The second kappa shape index (κ2) is 6.34. The number of nitrogens with one attached hydrogen (secondary N) is 1. The van der Waals surface area contributed by atoms with Crippen LogP contribution in [0.5, 0.6) is 0 Å². The van der Waals surface area contributed by atoms with Crippen LogP contribution in [0.1, 0.15) is 5.56 Å². The molecule has 0 aliphatic carbocycles. The van der Waals surface area contributed by atoms with Crippen LogP contribution in [0.2, 0.25) is 0 Å². The molecule has 0 spiro atoms. The van der Waals surface area contributed by atoms with Crippen molar-refractivity contribution >= 4 is 11.4 Å². The molecule has 1 N–H and O–H groups in total. The maximum absolute atomic E-state index is 12.8. The first-order chi connectivity index (χ1) is 9.13. The van der Waals surface area contributed by atoms with Gasteiger partial charge in [0.2, 0.25) is 0 Å². The molecule has 0 saturated carbocycles. The number of nitrogens with zero attached hydrogens (tertiary/aromatic N) is 1. The number of rotatable bonds is 5. The van der Waals surface area contributed by atoms with Crippen molar-refractivity contribution < 1.29 is 4.39 Å². The van der Waals surface area contributed by atoms with Gasteiger partial charge in [-0.05, 0) is 62.5 Å². The SMILES string of the molecule is CN(C)CCc1cccc(Nc2ccc(F)cc2)c1. The van der Waals surface area contributed by atoms with Gasteiger partial charge in [0.05, 0.1) is 0 Å². The molecule has 0 aliphatic heterocycles. The maximum atomic E-state index is 12.8. The Bertz CT molecular complexity index is 521. The zero-order valence-corrected chi connectivity index (χ0v) is 11.4. The van der Waals surface area contributed by atoms with E-state index in [1.165, 1.54) is 17.7 Å². The minimum absolute atomic E-state index is 0.217. The van der Waals surface area contributed by atoms with Crippen LogP contribution in [0.3, 0.4) is 0 Å². The molecule has 0 saturated heterocycles. The van der Waals surface area contributed by atoms with Crippen LogP contribution in [0.15, 0.2) is 48.5 Å². The second-order valence-electron chi connectivity index (χ2n) is 4.89. The van der Waals surface area contributed by atoms with Crippen LogP contribution >= 0.6 is 0 Å². The van der Waals surface area contributed by atoms with E-state index in [4.69, 9.17) is 0 Å². The van der Waals surface area contributed by atoms with Crippen molar-refractivity contribution in [2.75, 3.05) is 26.0 Å². The average Bonchev–Trinajstić information content (AvgIpc) is 2.40. The summed E-state index contributed by atoms with van der Waals surface area (Å²) in [6.07, 6.45) is 1.02. The van der Waals surface area contributed by atoms with Crippen LogP contribution in [0.25, 0.3) is 0 Å². The Morgan fingerprint density at radius 1 is 1.00 bits per heavy atom. The van der Waals surface area contributed by atoms with Gasteiger partial charge in [-0.25, -0.2) is 4.39 Å². The van der Waals surface area contributed by atoms with E-state index in [9.17, 15) is 4.39 Å². The molecule has 2 nitrogen and oxygen atoms in total. The standard InChI is InChI=1S/C16H19FN2/c1-19(2)11-10-13-4-3-5-16(12-13)18-15-8-6-14(17)7-9-15/h3-9,12,18H,10-11H2,1-2H3. The summed E-state index contributed by atoms with van der Waals surface area (Å²) in [6.45, 7) is 1.03. The van der Waals surface area contributed by atoms with Crippen molar-refractivity contribution in [3.8, 4) is 0 Å². The number of halogens is 1. The van der Waals surface area contributed by atoms with Crippen molar-refractivity contribution in [2.45, 2.75) is 6.42 Å². The topological polar surface area (TPSA) is 15.3 Å². The van der Waals surface area contributed by atoms with Gasteiger partial charge in [-0.15, -0.1) is 0 Å². The molecule has 2 rings (SSSR count). The van der Waals surface area contributed by atoms with Gasteiger partial charge >= 0.3 is 0 Å². The zero-order chi connectivity index (χ0) is 13.7. The molecule has 0 fully saturated rings. The fourth-order valence-electron chi connectivity index (χ4n) is 1.86. The highest BCUT2D eigenvalue weighted by atomic mass is 19.1. The van der Waals surface area contributed by atoms with Gasteiger partial charge in [0.25, 0.3) is 0 Å². The van der Waals surface area contributed by atoms with Crippen molar-refractivity contribution in [1.82, 2.24) is 4.90 Å². The van der Waals surface area contributed by atoms with Gasteiger partial charge in [0, 0.05) is 17.9 Å². The maximum Gasteiger partial charge on any atom is 0.123 e. The van der Waals surface area contributed by atoms with E-state index in [2.05, 4.69) is 36.4 Å². The Morgan fingerprint density at radius 2 is 1.74 bits per heavy atom. The molecule has 0 radical (unpaired) electrons. The van der Waals surface area contributed by atoms with Crippen molar-refractivity contribution in [3.63, 3.8) is 0 Å². The molecule has 0 heterocycles. The second-order valence-corrected chi connectivity index (χ2v) is 4.89. The molecule has 100 valence electrons. The molecular formula is C16H19FN2. The molecule has 0 amide bonds. The molecular weight excluding hydrogens is 239 g/mol. The van der Waals surface area contributed by atoms with Crippen LogP contribution < -0.4 is 5.32 Å². The van der Waals surface area contributed by atoms with E-state index < -0.39 is 0 Å². The van der Waals surface area contributed by atoms with Crippen molar-refractivity contribution in [2.24, 2.45) is 0 Å². The summed E-state index contributed by atoms with van der Waals surface area (Å²) in [5.74, 6) is -0.217. The molecule has 0 aliphatic rings. The number of likely N-dealkylation sites (N-methyl/N-ethyl adjacent to an activating group) is 1. The lowest BCUT2D eigenvalue weighted by atomic mass is 10.1. The van der Waals surface area contributed by atoms with E-state index in [1.54, 1.807) is 12.1 Å². The number of anilines is 2. The van der Waals surface area contributed by atoms with E-state index in [0.717, 1.165) is 24.3 Å². The van der Waals surface area contributed by atoms with Gasteiger partial charge in [-0.3, -0.25) is 0 Å². The molecule has 0 atom stereocenters. The Kier molecular flexibility index (Phi) is 4.53. The van der Waals surface area contributed by atoms with E-state index >= 15 is 0 Å². The smallest absolute Gasteiger partial charge is 0.123 e. The Balaban J connectivity index is 2.04. The van der Waals surface area contributed by atoms with Gasteiger partial charge in [-0.2, -0.15) is 0 Å². The van der Waals surface area contributed by atoms with Crippen LogP contribution in [-0.2, 0) is 6.42 Å². The van der Waals surface area contributed by atoms with Crippen LogP contribution in [0.4, 0.5) is 15.8 Å². The van der Waals surface area contributed by atoms with Crippen molar-refractivity contribution in [3.05, 3.63) is 59.9 Å². The molecule has 0 aromatic heterocycles. The fourth-order valence-corrected chi connectivity index (χ4v) is 1.86. The minimum atomic E-state index is -0.217. The zero-order valence-electron chi connectivity index (χ0n) is 11.4. The summed E-state index contributed by atoms with van der Waals surface area (Å²) in [5, 5.41) is 3.28. The van der Waals surface area contributed by atoms with Crippen LogP contribution in [0, 0.1) is 5.82 Å². The summed E-state index contributed by atoms with van der Waals surface area (Å²) in [4.78, 5) is 2.17. The first-order valence-corrected chi connectivity index (χ1v) is 6.40. The molecule has 2 aromatic rings. The Hall–Kier alpha value is -1.87. The quantitative estimate of drug-likeness (QED) is 0.880. The van der Waals surface area contributed by atoms with Crippen LogP contribution in [-0.4, -0.2) is 25.5 Å². The summed E-state index contributed by atoms with van der Waals surface area (Å²) in [5.41, 5.74) is 3.22. The largest absolute Gasteiger partial charge is 0.356 e. The predicted molar refractivity (Wildman–Crippen MR) is 78.4 cm³/mol. The molecule has 2 aromatic carbocycles. The minimum Gasteiger partial charge on any atom is -0.356 e. The fraction of sp³-hybridized carbons (Fsp3) is 0.250. The summed E-state index contributed by atoms with van der Waals surface area (Å²) in [6, 6.07) is 14.7. The molecule has 0 unspecified atom stereocenters. The Morgan fingerprint density at radius 3 is 2.42 bits per heavy atom. The summed E-state index contributed by atoms with van der Waals surface area (Å²) >= 11 is 0. The van der Waals surface area contributed by atoms with E-state index in [-0.39, 0.29) is 5.82 Å². The van der Waals surface area contributed by atoms with Gasteiger partial charge < -0.3 is 10.2 Å². The third-order valence-electron chi connectivity index (χ3n) is 2.91. The van der Waals surface area contributed by atoms with E-state index in [0.29, 0.717) is 0 Å². The normalized spacial score (nSPS) is 10.7. The first kappa shape index (κ1) is 13.6. The summed E-state index contributed by atoms with van der Waals surface area (Å²) in [7, 11) is 4.14. The van der Waals surface area contributed by atoms with Gasteiger partial charge in [0.15, 0.2) is 0 Å². The highest BCUT2D eigenvalue weighted by molar-refractivity contribution is 5.60. The lowest BCUT2D eigenvalue weighted by Crippen LogP contribution is -2.15. The lowest BCUT2D eigenvalue weighted by molar-refractivity contribution is 0.413. The first-order valence-electron chi connectivity index (χ1n) is 6.40. The highest BCUT2D eigenvalue weighted by Crippen LogP contribution is 2.18. The average molecular weight is 258 g/mol. The monoisotopic (exact) mass is 258 g/mol. The summed E-state index contributed by atoms with van der Waals surface area (Å²) < 4.78 is 12.8. The molecule has 0 bridgehead atoms. The van der Waals surface area contributed by atoms with Gasteiger partial charge in [-0.1, -0.05) is 12.1 Å². The predicted octanol–water partition coefficient (Wildman–Crippen LogP) is 3.67. The van der Waals surface area contributed by atoms with E-state index in [1.807, 2.05) is 12.1 Å².